The van der Waals surface area contributed by atoms with Crippen molar-refractivity contribution in [3.63, 3.8) is 0 Å². The maximum atomic E-state index is 12.4. The Balaban J connectivity index is 1.56. The van der Waals surface area contributed by atoms with Gasteiger partial charge in [0.2, 0.25) is 0 Å². The lowest BCUT2D eigenvalue weighted by Crippen LogP contribution is -2.63. The first-order chi connectivity index (χ1) is 13.9. The van der Waals surface area contributed by atoms with Gasteiger partial charge in [-0.1, -0.05) is 26.3 Å². The van der Waals surface area contributed by atoms with Crippen LogP contribution in [0.4, 0.5) is 5.82 Å². The van der Waals surface area contributed by atoms with E-state index >= 15 is 0 Å². The average molecular weight is 399 g/mol. The van der Waals surface area contributed by atoms with E-state index in [4.69, 9.17) is 4.98 Å². The molecule has 160 valence electrons. The molecule has 5 heteroatoms. The highest BCUT2D eigenvalue weighted by Crippen LogP contribution is 2.43. The quantitative estimate of drug-likeness (QED) is 0.754. The van der Waals surface area contributed by atoms with Gasteiger partial charge in [-0.25, -0.2) is 4.98 Å². The van der Waals surface area contributed by atoms with E-state index in [-0.39, 0.29) is 5.91 Å². The summed E-state index contributed by atoms with van der Waals surface area (Å²) in [4.78, 5) is 24.2. The minimum atomic E-state index is -0.0164. The van der Waals surface area contributed by atoms with Crippen molar-refractivity contribution in [2.45, 2.75) is 64.5 Å². The van der Waals surface area contributed by atoms with Gasteiger partial charge < -0.3 is 9.80 Å². The number of hydrogen-bond acceptors (Lipinski definition) is 4. The third-order valence-corrected chi connectivity index (χ3v) is 7.35. The van der Waals surface area contributed by atoms with E-state index < -0.39 is 0 Å². The molecule has 0 radical (unpaired) electrons. The summed E-state index contributed by atoms with van der Waals surface area (Å²) >= 11 is 0. The third kappa shape index (κ3) is 4.30. The standard InChI is InChI=1S/C24H38N4O/c1-17(2)11-12-22-19-14-18(21-9-5-6-13-28(21)22)15-27(16-19)23-10-7-8-20(25-23)24(29)26(3)4/h7-8,10,17-19,21-22H,5-6,9,11-16H2,1-4H3/t18-,19+,21+,22+/m1/s1. The number of amides is 1. The minimum Gasteiger partial charge on any atom is -0.356 e. The Hall–Kier alpha value is -1.62. The molecule has 0 unspecified atom stereocenters. The van der Waals surface area contributed by atoms with Crippen LogP contribution in [0, 0.1) is 17.8 Å². The number of carbonyl (C=O) groups is 1. The summed E-state index contributed by atoms with van der Waals surface area (Å²) in [6.07, 6.45) is 8.12. The van der Waals surface area contributed by atoms with Gasteiger partial charge in [0.25, 0.3) is 5.91 Å². The molecule has 3 fully saturated rings. The van der Waals surface area contributed by atoms with E-state index in [0.717, 1.165) is 42.7 Å². The van der Waals surface area contributed by atoms with Crippen LogP contribution in [-0.2, 0) is 0 Å². The summed E-state index contributed by atoms with van der Waals surface area (Å²) in [6.45, 7) is 8.16. The van der Waals surface area contributed by atoms with E-state index in [0.29, 0.717) is 11.7 Å². The second-order valence-corrected chi connectivity index (χ2v) is 10.1. The largest absolute Gasteiger partial charge is 0.356 e. The number of rotatable bonds is 5. The van der Waals surface area contributed by atoms with Crippen LogP contribution in [0.15, 0.2) is 18.2 Å². The summed E-state index contributed by atoms with van der Waals surface area (Å²) in [7, 11) is 3.58. The fourth-order valence-electron chi connectivity index (χ4n) is 5.94. The van der Waals surface area contributed by atoms with Crippen LogP contribution in [0.5, 0.6) is 0 Å². The Morgan fingerprint density at radius 1 is 1.21 bits per heavy atom. The second-order valence-electron chi connectivity index (χ2n) is 10.1. The van der Waals surface area contributed by atoms with E-state index in [1.54, 1.807) is 19.0 Å². The van der Waals surface area contributed by atoms with E-state index in [1.165, 1.54) is 45.1 Å². The van der Waals surface area contributed by atoms with Crippen molar-refractivity contribution >= 4 is 11.7 Å². The Morgan fingerprint density at radius 2 is 2.00 bits per heavy atom. The molecule has 3 saturated heterocycles. The summed E-state index contributed by atoms with van der Waals surface area (Å²) in [5.74, 6) is 3.19. The van der Waals surface area contributed by atoms with E-state index in [2.05, 4.69) is 29.7 Å². The summed E-state index contributed by atoms with van der Waals surface area (Å²) in [6, 6.07) is 7.38. The topological polar surface area (TPSA) is 39.7 Å². The van der Waals surface area contributed by atoms with Crippen molar-refractivity contribution < 1.29 is 4.79 Å². The molecule has 1 amide bonds. The van der Waals surface area contributed by atoms with E-state index in [9.17, 15) is 4.79 Å². The lowest BCUT2D eigenvalue weighted by Gasteiger charge is -2.57. The molecule has 0 aliphatic carbocycles. The smallest absolute Gasteiger partial charge is 0.272 e. The van der Waals surface area contributed by atoms with Crippen LogP contribution in [0.3, 0.4) is 0 Å². The average Bonchev–Trinajstić information content (AvgIpc) is 2.73. The van der Waals surface area contributed by atoms with Crippen LogP contribution >= 0.6 is 0 Å². The molecule has 0 aromatic carbocycles. The molecule has 4 rings (SSSR count). The highest BCUT2D eigenvalue weighted by Gasteiger charge is 2.47. The highest BCUT2D eigenvalue weighted by molar-refractivity contribution is 5.92. The normalized spacial score (nSPS) is 29.6. The van der Waals surface area contributed by atoms with Crippen molar-refractivity contribution in [2.24, 2.45) is 17.8 Å². The molecule has 0 saturated carbocycles. The lowest BCUT2D eigenvalue weighted by atomic mass is 9.71. The number of hydrogen-bond donors (Lipinski definition) is 0. The Morgan fingerprint density at radius 3 is 2.76 bits per heavy atom. The fraction of sp³-hybridized carbons (Fsp3) is 0.750. The molecule has 5 nitrogen and oxygen atoms in total. The Labute approximate surface area is 176 Å². The number of aromatic nitrogens is 1. The van der Waals surface area contributed by atoms with Gasteiger partial charge in [-0.05, 0) is 68.5 Å². The minimum absolute atomic E-state index is 0.0164. The molecule has 3 aliphatic rings. The molecule has 0 spiro atoms. The molecule has 2 bridgehead atoms. The monoisotopic (exact) mass is 398 g/mol. The molecule has 0 N–H and O–H groups in total. The van der Waals surface area contributed by atoms with Crippen molar-refractivity contribution in [1.29, 1.82) is 0 Å². The zero-order chi connectivity index (χ0) is 20.5. The van der Waals surface area contributed by atoms with Gasteiger partial charge >= 0.3 is 0 Å². The zero-order valence-corrected chi connectivity index (χ0v) is 18.7. The van der Waals surface area contributed by atoms with Crippen LogP contribution in [0.2, 0.25) is 0 Å². The summed E-state index contributed by atoms with van der Waals surface area (Å²) in [5, 5.41) is 0. The Bertz CT molecular complexity index is 719. The number of piperidine rings is 3. The van der Waals surface area contributed by atoms with Crippen molar-refractivity contribution in [2.75, 3.05) is 38.6 Å². The number of nitrogens with zero attached hydrogens (tertiary/aromatic N) is 4. The fourth-order valence-corrected chi connectivity index (χ4v) is 5.94. The van der Waals surface area contributed by atoms with Gasteiger partial charge in [-0.15, -0.1) is 0 Å². The number of fused-ring (bicyclic) bond motifs is 4. The van der Waals surface area contributed by atoms with Crippen LogP contribution < -0.4 is 4.90 Å². The first-order valence-corrected chi connectivity index (χ1v) is 11.6. The van der Waals surface area contributed by atoms with Crippen molar-refractivity contribution in [3.8, 4) is 0 Å². The van der Waals surface area contributed by atoms with Gasteiger partial charge in [0.15, 0.2) is 0 Å². The predicted molar refractivity (Wildman–Crippen MR) is 118 cm³/mol. The van der Waals surface area contributed by atoms with Crippen molar-refractivity contribution in [3.05, 3.63) is 23.9 Å². The molecule has 1 aromatic heterocycles. The van der Waals surface area contributed by atoms with Crippen LogP contribution in [-0.4, -0.2) is 66.5 Å². The zero-order valence-electron chi connectivity index (χ0n) is 18.7. The predicted octanol–water partition coefficient (Wildman–Crippen LogP) is 3.90. The first-order valence-electron chi connectivity index (χ1n) is 11.6. The van der Waals surface area contributed by atoms with Crippen molar-refractivity contribution in [1.82, 2.24) is 14.8 Å². The number of carbonyl (C=O) groups excluding carboxylic acids is 1. The van der Waals surface area contributed by atoms with Gasteiger partial charge in [0.1, 0.15) is 11.5 Å². The van der Waals surface area contributed by atoms with Gasteiger partial charge in [-0.2, -0.15) is 0 Å². The van der Waals surface area contributed by atoms with Crippen LogP contribution in [0.1, 0.15) is 62.9 Å². The maximum Gasteiger partial charge on any atom is 0.272 e. The second kappa shape index (κ2) is 8.63. The molecule has 3 aliphatic heterocycles. The summed E-state index contributed by atoms with van der Waals surface area (Å²) < 4.78 is 0. The van der Waals surface area contributed by atoms with E-state index in [1.807, 2.05) is 12.1 Å². The first kappa shape index (κ1) is 20.6. The van der Waals surface area contributed by atoms with Gasteiger partial charge in [0, 0.05) is 39.3 Å². The Kier molecular flexibility index (Phi) is 6.14. The third-order valence-electron chi connectivity index (χ3n) is 7.35. The summed E-state index contributed by atoms with van der Waals surface area (Å²) in [5.41, 5.74) is 0.555. The molecule has 29 heavy (non-hydrogen) atoms. The highest BCUT2D eigenvalue weighted by atomic mass is 16.2. The molecular formula is C24H38N4O. The number of anilines is 1. The molecule has 4 atom stereocenters. The SMILES string of the molecule is CC(C)CC[C@H]1[C@H]2C[C@H](CN(c3cccc(C(=O)N(C)C)n3)C2)[C@@H]2CCCCN21. The molecule has 4 heterocycles. The molecule has 1 aromatic rings. The van der Waals surface area contributed by atoms with Crippen LogP contribution in [0.25, 0.3) is 0 Å². The maximum absolute atomic E-state index is 12.4. The lowest BCUT2D eigenvalue weighted by molar-refractivity contribution is -0.0369. The number of pyridine rings is 1. The molecular weight excluding hydrogens is 360 g/mol. The van der Waals surface area contributed by atoms with Gasteiger partial charge in [-0.3, -0.25) is 9.69 Å². The van der Waals surface area contributed by atoms with Gasteiger partial charge in [0.05, 0.1) is 0 Å².